The van der Waals surface area contributed by atoms with E-state index in [0.717, 1.165) is 30.4 Å². The molecule has 0 radical (unpaired) electrons. The van der Waals surface area contributed by atoms with E-state index in [1.54, 1.807) is 6.20 Å². The Hall–Kier alpha value is -1.89. The number of fused-ring (bicyclic) bond motifs is 1. The first kappa shape index (κ1) is 13.1. The van der Waals surface area contributed by atoms with Gasteiger partial charge in [-0.25, -0.2) is 4.98 Å². The summed E-state index contributed by atoms with van der Waals surface area (Å²) in [4.78, 5) is 6.80. The van der Waals surface area contributed by atoms with Crippen molar-refractivity contribution in [2.75, 3.05) is 37.8 Å². The molecule has 7 nitrogen and oxygen atoms in total. The fourth-order valence-corrected chi connectivity index (χ4v) is 2.82. The van der Waals surface area contributed by atoms with Gasteiger partial charge in [-0.1, -0.05) is 0 Å². The summed E-state index contributed by atoms with van der Waals surface area (Å²) in [7, 11) is 4.04. The van der Waals surface area contributed by atoms with E-state index in [9.17, 15) is 0 Å². The SMILES string of the molecule is CNc1nnc2c(NCCC3CCCN3C)nccn12. The van der Waals surface area contributed by atoms with Gasteiger partial charge in [-0.05, 0) is 32.9 Å². The Morgan fingerprint density at radius 1 is 1.40 bits per heavy atom. The lowest BCUT2D eigenvalue weighted by Crippen LogP contribution is -2.27. The molecule has 0 bridgehead atoms. The Labute approximate surface area is 118 Å². The minimum absolute atomic E-state index is 0.688. The molecule has 1 aliphatic rings. The van der Waals surface area contributed by atoms with E-state index in [-0.39, 0.29) is 0 Å². The Morgan fingerprint density at radius 2 is 2.30 bits per heavy atom. The third-order valence-electron chi connectivity index (χ3n) is 3.99. The molecule has 1 unspecified atom stereocenters. The van der Waals surface area contributed by atoms with Crippen LogP contribution in [0.1, 0.15) is 19.3 Å². The number of nitrogens with one attached hydrogen (secondary N) is 2. The van der Waals surface area contributed by atoms with Crippen LogP contribution >= 0.6 is 0 Å². The lowest BCUT2D eigenvalue weighted by Gasteiger charge is -2.19. The number of rotatable bonds is 5. The normalized spacial score (nSPS) is 19.6. The first-order chi connectivity index (χ1) is 9.79. The maximum Gasteiger partial charge on any atom is 0.228 e. The van der Waals surface area contributed by atoms with Gasteiger partial charge >= 0.3 is 0 Å². The molecule has 1 fully saturated rings. The summed E-state index contributed by atoms with van der Waals surface area (Å²) in [5.41, 5.74) is 0.761. The summed E-state index contributed by atoms with van der Waals surface area (Å²) in [5, 5.41) is 14.7. The van der Waals surface area contributed by atoms with Crippen molar-refractivity contribution in [1.29, 1.82) is 0 Å². The molecule has 2 aromatic heterocycles. The number of hydrogen-bond acceptors (Lipinski definition) is 6. The Morgan fingerprint density at radius 3 is 3.05 bits per heavy atom. The first-order valence-electron chi connectivity index (χ1n) is 7.11. The number of aromatic nitrogens is 4. The minimum Gasteiger partial charge on any atom is -0.367 e. The molecule has 0 aromatic carbocycles. The highest BCUT2D eigenvalue weighted by atomic mass is 15.3. The second kappa shape index (κ2) is 5.62. The number of anilines is 2. The predicted octanol–water partition coefficient (Wildman–Crippen LogP) is 1.06. The van der Waals surface area contributed by atoms with Crippen LogP contribution in [0.4, 0.5) is 11.8 Å². The van der Waals surface area contributed by atoms with Crippen molar-refractivity contribution in [1.82, 2.24) is 24.5 Å². The topological polar surface area (TPSA) is 70.4 Å². The Balaban J connectivity index is 1.67. The van der Waals surface area contributed by atoms with Gasteiger partial charge in [0.2, 0.25) is 11.6 Å². The molecule has 1 aliphatic heterocycles. The van der Waals surface area contributed by atoms with Gasteiger partial charge in [-0.3, -0.25) is 4.40 Å². The fourth-order valence-electron chi connectivity index (χ4n) is 2.82. The molecule has 0 aliphatic carbocycles. The highest BCUT2D eigenvalue weighted by Crippen LogP contribution is 2.19. The van der Waals surface area contributed by atoms with Crippen molar-refractivity contribution in [2.45, 2.75) is 25.3 Å². The standard InChI is InChI=1S/C13H21N7/c1-14-13-18-17-12-11(16-7-9-20(12)13)15-6-5-10-4-3-8-19(10)2/h7,9-10H,3-6,8H2,1-2H3,(H,14,18)(H,15,16). The van der Waals surface area contributed by atoms with Crippen molar-refractivity contribution in [3.63, 3.8) is 0 Å². The number of hydrogen-bond donors (Lipinski definition) is 2. The maximum absolute atomic E-state index is 4.36. The van der Waals surface area contributed by atoms with Gasteiger partial charge in [-0.2, -0.15) is 0 Å². The van der Waals surface area contributed by atoms with Gasteiger partial charge in [0.1, 0.15) is 0 Å². The molecule has 7 heteroatoms. The monoisotopic (exact) mass is 275 g/mol. The van der Waals surface area contributed by atoms with Crippen LogP contribution in [0.15, 0.2) is 12.4 Å². The second-order valence-electron chi connectivity index (χ2n) is 5.24. The maximum atomic E-state index is 4.36. The largest absolute Gasteiger partial charge is 0.367 e. The zero-order valence-corrected chi connectivity index (χ0v) is 12.0. The molecule has 2 aromatic rings. The van der Waals surface area contributed by atoms with Crippen LogP contribution in [0.2, 0.25) is 0 Å². The first-order valence-corrected chi connectivity index (χ1v) is 7.11. The zero-order valence-electron chi connectivity index (χ0n) is 12.0. The summed E-state index contributed by atoms with van der Waals surface area (Å²) in [5.74, 6) is 1.52. The van der Waals surface area contributed by atoms with E-state index in [4.69, 9.17) is 0 Å². The van der Waals surface area contributed by atoms with Crippen LogP contribution in [-0.2, 0) is 0 Å². The van der Waals surface area contributed by atoms with Crippen molar-refractivity contribution in [3.05, 3.63) is 12.4 Å². The summed E-state index contributed by atoms with van der Waals surface area (Å²) < 4.78 is 1.90. The van der Waals surface area contributed by atoms with E-state index < -0.39 is 0 Å². The van der Waals surface area contributed by atoms with Crippen LogP contribution < -0.4 is 10.6 Å². The zero-order chi connectivity index (χ0) is 13.9. The Kier molecular flexibility index (Phi) is 3.68. The van der Waals surface area contributed by atoms with E-state index in [0.29, 0.717) is 6.04 Å². The third kappa shape index (κ3) is 2.40. The highest BCUT2D eigenvalue weighted by Gasteiger charge is 2.20. The van der Waals surface area contributed by atoms with E-state index in [1.807, 2.05) is 17.6 Å². The summed E-state index contributed by atoms with van der Waals surface area (Å²) in [6.07, 6.45) is 7.36. The van der Waals surface area contributed by atoms with Crippen LogP contribution in [0.25, 0.3) is 5.65 Å². The van der Waals surface area contributed by atoms with Gasteiger partial charge in [0, 0.05) is 32.0 Å². The number of likely N-dealkylation sites (tertiary alicyclic amines) is 1. The van der Waals surface area contributed by atoms with Crippen molar-refractivity contribution < 1.29 is 0 Å². The molecule has 3 rings (SSSR count). The predicted molar refractivity (Wildman–Crippen MR) is 79.1 cm³/mol. The molecule has 20 heavy (non-hydrogen) atoms. The van der Waals surface area contributed by atoms with E-state index in [2.05, 4.69) is 37.8 Å². The average molecular weight is 275 g/mol. The molecule has 0 spiro atoms. The lowest BCUT2D eigenvalue weighted by molar-refractivity contribution is 0.301. The van der Waals surface area contributed by atoms with Gasteiger partial charge in [0.15, 0.2) is 5.82 Å². The van der Waals surface area contributed by atoms with Crippen LogP contribution in [0.5, 0.6) is 0 Å². The molecule has 1 atom stereocenters. The lowest BCUT2D eigenvalue weighted by atomic mass is 10.1. The number of nitrogens with zero attached hydrogens (tertiary/aromatic N) is 5. The molecule has 0 saturated carbocycles. The highest BCUT2D eigenvalue weighted by molar-refractivity contribution is 5.64. The van der Waals surface area contributed by atoms with E-state index >= 15 is 0 Å². The average Bonchev–Trinajstić information content (AvgIpc) is 3.06. The second-order valence-corrected chi connectivity index (χ2v) is 5.24. The van der Waals surface area contributed by atoms with Gasteiger partial charge in [-0.15, -0.1) is 10.2 Å². The van der Waals surface area contributed by atoms with Crippen LogP contribution in [-0.4, -0.2) is 57.7 Å². The summed E-state index contributed by atoms with van der Waals surface area (Å²) >= 11 is 0. The van der Waals surface area contributed by atoms with E-state index in [1.165, 1.54) is 19.4 Å². The fraction of sp³-hybridized carbons (Fsp3) is 0.615. The molecule has 1 saturated heterocycles. The third-order valence-corrected chi connectivity index (χ3v) is 3.99. The smallest absolute Gasteiger partial charge is 0.228 e. The van der Waals surface area contributed by atoms with Crippen molar-refractivity contribution in [3.8, 4) is 0 Å². The minimum atomic E-state index is 0.688. The molecule has 3 heterocycles. The Bertz CT molecular complexity index is 579. The quantitative estimate of drug-likeness (QED) is 0.850. The van der Waals surface area contributed by atoms with Crippen molar-refractivity contribution >= 4 is 17.4 Å². The molecule has 0 amide bonds. The van der Waals surface area contributed by atoms with Gasteiger partial charge < -0.3 is 15.5 Å². The van der Waals surface area contributed by atoms with Crippen LogP contribution in [0.3, 0.4) is 0 Å². The molecule has 2 N–H and O–H groups in total. The molecular formula is C13H21N7. The van der Waals surface area contributed by atoms with Crippen LogP contribution in [0, 0.1) is 0 Å². The van der Waals surface area contributed by atoms with Crippen molar-refractivity contribution in [2.24, 2.45) is 0 Å². The summed E-state index contributed by atoms with van der Waals surface area (Å²) in [6, 6.07) is 0.688. The molecule has 108 valence electrons. The van der Waals surface area contributed by atoms with Gasteiger partial charge in [0.25, 0.3) is 0 Å². The van der Waals surface area contributed by atoms with Gasteiger partial charge in [0.05, 0.1) is 0 Å². The summed E-state index contributed by atoms with van der Waals surface area (Å²) in [6.45, 7) is 2.12. The molecular weight excluding hydrogens is 254 g/mol.